The van der Waals surface area contributed by atoms with Crippen LogP contribution in [-0.2, 0) is 4.74 Å². The molecule has 1 heterocycles. The standard InChI is InChI=1S/C14H28NO/c1-2-3-4-5-6-7-8-9-10-15-11-13-16-14-12-15/h1-14H2. The molecular formula is C14H28NO. The first-order valence-corrected chi connectivity index (χ1v) is 7.03. The zero-order chi connectivity index (χ0) is 11.5. The van der Waals surface area contributed by atoms with Gasteiger partial charge in [0.25, 0.3) is 0 Å². The first-order chi connectivity index (χ1) is 7.93. The number of hydrogen-bond acceptors (Lipinski definition) is 2. The normalized spacial score (nSPS) is 17.8. The van der Waals surface area contributed by atoms with E-state index in [1.807, 2.05) is 0 Å². The Balaban J connectivity index is 1.77. The predicted octanol–water partition coefficient (Wildman–Crippen LogP) is 3.27. The molecule has 0 saturated carbocycles. The molecule has 1 radical (unpaired) electrons. The lowest BCUT2D eigenvalue weighted by Gasteiger charge is -2.26. The van der Waals surface area contributed by atoms with Gasteiger partial charge in [0.1, 0.15) is 0 Å². The van der Waals surface area contributed by atoms with E-state index >= 15 is 0 Å². The number of unbranched alkanes of at least 4 members (excludes halogenated alkanes) is 7. The van der Waals surface area contributed by atoms with Gasteiger partial charge in [0.2, 0.25) is 0 Å². The molecule has 1 saturated heterocycles. The van der Waals surface area contributed by atoms with E-state index in [0.29, 0.717) is 0 Å². The summed E-state index contributed by atoms with van der Waals surface area (Å²) in [6.45, 7) is 9.30. The Bertz CT molecular complexity index is 144. The van der Waals surface area contributed by atoms with Crippen molar-refractivity contribution in [2.45, 2.75) is 51.4 Å². The molecule has 0 N–H and O–H groups in total. The molecule has 0 unspecified atom stereocenters. The second-order valence-electron chi connectivity index (χ2n) is 4.78. The fourth-order valence-electron chi connectivity index (χ4n) is 2.22. The summed E-state index contributed by atoms with van der Waals surface area (Å²) in [7, 11) is 0. The van der Waals surface area contributed by atoms with Crippen LogP contribution in [-0.4, -0.2) is 37.7 Å². The van der Waals surface area contributed by atoms with Gasteiger partial charge in [0.05, 0.1) is 13.2 Å². The van der Waals surface area contributed by atoms with Crippen molar-refractivity contribution in [2.24, 2.45) is 0 Å². The molecule has 1 rings (SSSR count). The molecule has 2 heteroatoms. The molecule has 0 amide bonds. The largest absolute Gasteiger partial charge is 0.379 e. The van der Waals surface area contributed by atoms with Crippen molar-refractivity contribution in [3.8, 4) is 0 Å². The Morgan fingerprint density at radius 1 is 0.812 bits per heavy atom. The first kappa shape index (κ1) is 14.0. The zero-order valence-corrected chi connectivity index (χ0v) is 10.8. The molecular weight excluding hydrogens is 198 g/mol. The van der Waals surface area contributed by atoms with Crippen LogP contribution in [0.5, 0.6) is 0 Å². The Morgan fingerprint density at radius 2 is 1.38 bits per heavy atom. The molecule has 0 aromatic heterocycles. The molecule has 0 spiro atoms. The van der Waals surface area contributed by atoms with Crippen LogP contribution >= 0.6 is 0 Å². The van der Waals surface area contributed by atoms with Gasteiger partial charge >= 0.3 is 0 Å². The van der Waals surface area contributed by atoms with Crippen LogP contribution in [0.4, 0.5) is 0 Å². The summed E-state index contributed by atoms with van der Waals surface area (Å²) in [5, 5.41) is 0. The van der Waals surface area contributed by atoms with Crippen LogP contribution < -0.4 is 0 Å². The van der Waals surface area contributed by atoms with Crippen molar-refractivity contribution in [3.63, 3.8) is 0 Å². The van der Waals surface area contributed by atoms with Crippen LogP contribution in [0.1, 0.15) is 51.4 Å². The maximum atomic E-state index is 5.34. The maximum absolute atomic E-state index is 5.34. The van der Waals surface area contributed by atoms with Gasteiger partial charge in [-0.3, -0.25) is 4.90 Å². The summed E-state index contributed by atoms with van der Waals surface area (Å²) in [5.41, 5.74) is 0. The fourth-order valence-corrected chi connectivity index (χ4v) is 2.22. The van der Waals surface area contributed by atoms with E-state index in [4.69, 9.17) is 4.74 Å². The smallest absolute Gasteiger partial charge is 0.0594 e. The van der Waals surface area contributed by atoms with E-state index in [9.17, 15) is 0 Å². The van der Waals surface area contributed by atoms with Gasteiger partial charge in [0.15, 0.2) is 0 Å². The minimum atomic E-state index is 0.936. The average molecular weight is 226 g/mol. The molecule has 0 bridgehead atoms. The van der Waals surface area contributed by atoms with Crippen molar-refractivity contribution < 1.29 is 4.74 Å². The number of nitrogens with zero attached hydrogens (tertiary/aromatic N) is 1. The van der Waals surface area contributed by atoms with Crippen molar-refractivity contribution in [3.05, 3.63) is 6.92 Å². The summed E-state index contributed by atoms with van der Waals surface area (Å²) in [4.78, 5) is 2.53. The third-order valence-corrected chi connectivity index (χ3v) is 3.33. The van der Waals surface area contributed by atoms with Gasteiger partial charge in [-0.05, 0) is 13.0 Å². The fraction of sp³-hybridized carbons (Fsp3) is 0.929. The van der Waals surface area contributed by atoms with Crippen LogP contribution in [0.3, 0.4) is 0 Å². The number of morpholine rings is 1. The SMILES string of the molecule is [CH2]CCCCCCCCCN1CCOCC1. The van der Waals surface area contributed by atoms with Crippen LogP contribution in [0, 0.1) is 6.92 Å². The lowest BCUT2D eigenvalue weighted by molar-refractivity contribution is 0.0371. The maximum Gasteiger partial charge on any atom is 0.0594 e. The van der Waals surface area contributed by atoms with Crippen LogP contribution in [0.25, 0.3) is 0 Å². The van der Waals surface area contributed by atoms with Gasteiger partial charge < -0.3 is 4.74 Å². The van der Waals surface area contributed by atoms with E-state index in [2.05, 4.69) is 11.8 Å². The topological polar surface area (TPSA) is 12.5 Å². The van der Waals surface area contributed by atoms with E-state index in [1.54, 1.807) is 0 Å². The molecule has 95 valence electrons. The molecule has 1 aliphatic rings. The third kappa shape index (κ3) is 7.24. The first-order valence-electron chi connectivity index (χ1n) is 7.03. The highest BCUT2D eigenvalue weighted by molar-refractivity contribution is 4.61. The average Bonchev–Trinajstić information content (AvgIpc) is 2.34. The Labute approximate surface area is 101 Å². The zero-order valence-electron chi connectivity index (χ0n) is 10.8. The van der Waals surface area contributed by atoms with Crippen molar-refractivity contribution in [1.82, 2.24) is 4.90 Å². The Hall–Kier alpha value is -0.0800. The summed E-state index contributed by atoms with van der Waals surface area (Å²) in [6.07, 6.45) is 10.8. The molecule has 0 atom stereocenters. The minimum absolute atomic E-state index is 0.936. The number of hydrogen-bond donors (Lipinski definition) is 0. The minimum Gasteiger partial charge on any atom is -0.379 e. The van der Waals surface area contributed by atoms with Crippen LogP contribution in [0.15, 0.2) is 0 Å². The highest BCUT2D eigenvalue weighted by Crippen LogP contribution is 2.09. The summed E-state index contributed by atoms with van der Waals surface area (Å²) < 4.78 is 5.34. The summed E-state index contributed by atoms with van der Waals surface area (Å²) >= 11 is 0. The quantitative estimate of drug-likeness (QED) is 0.559. The van der Waals surface area contributed by atoms with E-state index < -0.39 is 0 Å². The molecule has 0 aromatic carbocycles. The monoisotopic (exact) mass is 226 g/mol. The number of ether oxygens (including phenoxy) is 1. The second-order valence-corrected chi connectivity index (χ2v) is 4.78. The number of rotatable bonds is 9. The van der Waals surface area contributed by atoms with Crippen molar-refractivity contribution in [2.75, 3.05) is 32.8 Å². The van der Waals surface area contributed by atoms with Crippen molar-refractivity contribution >= 4 is 0 Å². The summed E-state index contributed by atoms with van der Waals surface area (Å²) in [6, 6.07) is 0. The highest BCUT2D eigenvalue weighted by atomic mass is 16.5. The molecule has 0 aliphatic carbocycles. The molecule has 1 aliphatic heterocycles. The van der Waals surface area contributed by atoms with E-state index in [1.165, 1.54) is 51.5 Å². The van der Waals surface area contributed by atoms with Crippen molar-refractivity contribution in [1.29, 1.82) is 0 Å². The lowest BCUT2D eigenvalue weighted by atomic mass is 10.1. The Kier molecular flexibility index (Phi) is 8.83. The second kappa shape index (κ2) is 10.1. The Morgan fingerprint density at radius 3 is 2.00 bits per heavy atom. The lowest BCUT2D eigenvalue weighted by Crippen LogP contribution is -2.36. The van der Waals surface area contributed by atoms with Gasteiger partial charge in [-0.2, -0.15) is 0 Å². The van der Waals surface area contributed by atoms with E-state index in [0.717, 1.165) is 32.7 Å². The summed E-state index contributed by atoms with van der Waals surface area (Å²) in [5.74, 6) is 0. The van der Waals surface area contributed by atoms with Gasteiger partial charge in [-0.25, -0.2) is 0 Å². The molecule has 2 nitrogen and oxygen atoms in total. The van der Waals surface area contributed by atoms with Crippen LogP contribution in [0.2, 0.25) is 0 Å². The van der Waals surface area contributed by atoms with Gasteiger partial charge in [0, 0.05) is 13.1 Å². The predicted molar refractivity (Wildman–Crippen MR) is 69.6 cm³/mol. The molecule has 1 fully saturated rings. The van der Waals surface area contributed by atoms with E-state index in [-0.39, 0.29) is 0 Å². The highest BCUT2D eigenvalue weighted by Gasteiger charge is 2.08. The third-order valence-electron chi connectivity index (χ3n) is 3.33. The van der Waals surface area contributed by atoms with Gasteiger partial charge in [-0.1, -0.05) is 51.9 Å². The molecule has 16 heavy (non-hydrogen) atoms. The van der Waals surface area contributed by atoms with Gasteiger partial charge in [-0.15, -0.1) is 0 Å². The molecule has 0 aromatic rings.